The van der Waals surface area contributed by atoms with Crippen LogP contribution in [0.25, 0.3) is 0 Å². The second-order valence-corrected chi connectivity index (χ2v) is 2.97. The summed E-state index contributed by atoms with van der Waals surface area (Å²) in [5.74, 6) is 1.69. The Bertz CT molecular complexity index is 198. The molecule has 0 spiro atoms. The average molecular weight is 202 g/mol. The molecule has 4 heteroatoms. The maximum atomic E-state index is 5.19. The molecule has 0 aliphatic rings. The molecule has 0 aliphatic carbocycles. The molecular formula is C8H10O2S2. The maximum Gasteiger partial charge on any atom is 0.137 e. The fraction of sp³-hybridized carbons (Fsp3) is 0.250. The van der Waals surface area contributed by atoms with Gasteiger partial charge in [-0.05, 0) is 24.3 Å². The van der Waals surface area contributed by atoms with E-state index in [-0.39, 0.29) is 0 Å². The third-order valence-corrected chi connectivity index (χ3v) is 1.90. The van der Waals surface area contributed by atoms with Crippen molar-refractivity contribution in [3.8, 4) is 11.5 Å². The van der Waals surface area contributed by atoms with Crippen LogP contribution in [0.15, 0.2) is 24.3 Å². The minimum absolute atomic E-state index is 0.843. The molecule has 1 rings (SSSR count). The molecule has 0 saturated heterocycles. The van der Waals surface area contributed by atoms with Gasteiger partial charge in [-0.15, -0.1) is 0 Å². The molecule has 0 radical (unpaired) electrons. The molecule has 0 aromatic heterocycles. The third-order valence-electron chi connectivity index (χ3n) is 1.18. The van der Waals surface area contributed by atoms with E-state index in [1.165, 1.54) is 24.1 Å². The van der Waals surface area contributed by atoms with Gasteiger partial charge in [-0.2, -0.15) is 0 Å². The third kappa shape index (κ3) is 2.87. The molecule has 0 amide bonds. The van der Waals surface area contributed by atoms with E-state index >= 15 is 0 Å². The summed E-state index contributed by atoms with van der Waals surface area (Å²) in [6.45, 7) is 0. The van der Waals surface area contributed by atoms with Crippen LogP contribution >= 0.6 is 24.1 Å². The van der Waals surface area contributed by atoms with Gasteiger partial charge in [-0.3, -0.25) is 0 Å². The van der Waals surface area contributed by atoms with Gasteiger partial charge in [0.2, 0.25) is 0 Å². The van der Waals surface area contributed by atoms with Crippen molar-refractivity contribution < 1.29 is 8.37 Å². The summed E-state index contributed by atoms with van der Waals surface area (Å²) < 4.78 is 10.4. The second-order valence-electron chi connectivity index (χ2n) is 1.97. The molecule has 1 aromatic carbocycles. The Hall–Kier alpha value is -0.480. The van der Waals surface area contributed by atoms with Crippen LogP contribution in [0.3, 0.4) is 0 Å². The number of hydrogen-bond donors (Lipinski definition) is 0. The van der Waals surface area contributed by atoms with E-state index < -0.39 is 0 Å². The van der Waals surface area contributed by atoms with Crippen LogP contribution in [0.5, 0.6) is 11.5 Å². The van der Waals surface area contributed by atoms with Gasteiger partial charge in [0.05, 0.1) is 24.1 Å². The Morgan fingerprint density at radius 1 is 0.833 bits per heavy atom. The van der Waals surface area contributed by atoms with Crippen LogP contribution in [0.1, 0.15) is 0 Å². The summed E-state index contributed by atoms with van der Waals surface area (Å²) >= 11 is 2.66. The molecule has 66 valence electrons. The molecule has 0 fully saturated rings. The van der Waals surface area contributed by atoms with Crippen LogP contribution in [0, 0.1) is 0 Å². The van der Waals surface area contributed by atoms with Crippen molar-refractivity contribution in [3.05, 3.63) is 24.3 Å². The predicted molar refractivity (Wildman–Crippen MR) is 54.7 cm³/mol. The van der Waals surface area contributed by atoms with Gasteiger partial charge in [0.15, 0.2) is 0 Å². The van der Waals surface area contributed by atoms with Gasteiger partial charge in [0.1, 0.15) is 11.5 Å². The first-order valence-corrected chi connectivity index (χ1v) is 5.68. The van der Waals surface area contributed by atoms with E-state index in [2.05, 4.69) is 0 Å². The molecular weight excluding hydrogens is 192 g/mol. The van der Waals surface area contributed by atoms with Gasteiger partial charge in [0.25, 0.3) is 0 Å². The van der Waals surface area contributed by atoms with Crippen molar-refractivity contribution in [2.45, 2.75) is 0 Å². The average Bonchev–Trinajstić information content (AvgIpc) is 2.09. The first-order chi connectivity index (χ1) is 5.86. The van der Waals surface area contributed by atoms with Crippen molar-refractivity contribution in [2.24, 2.45) is 0 Å². The monoisotopic (exact) mass is 202 g/mol. The van der Waals surface area contributed by atoms with Crippen LogP contribution in [-0.2, 0) is 0 Å². The van der Waals surface area contributed by atoms with Gasteiger partial charge in [-0.1, -0.05) is 0 Å². The van der Waals surface area contributed by atoms with Crippen molar-refractivity contribution in [1.29, 1.82) is 0 Å². The first-order valence-electron chi connectivity index (χ1n) is 3.38. The summed E-state index contributed by atoms with van der Waals surface area (Å²) in [5.41, 5.74) is 0. The SMILES string of the molecule is CSOc1ccc(OSC)cc1. The minimum atomic E-state index is 0.843. The Morgan fingerprint density at radius 3 is 1.42 bits per heavy atom. The van der Waals surface area contributed by atoms with Crippen LogP contribution in [0.2, 0.25) is 0 Å². The lowest BCUT2D eigenvalue weighted by molar-refractivity contribution is 0.631. The summed E-state index contributed by atoms with van der Waals surface area (Å²) in [5, 5.41) is 0. The van der Waals surface area contributed by atoms with Crippen LogP contribution in [-0.4, -0.2) is 12.5 Å². The van der Waals surface area contributed by atoms with Crippen LogP contribution < -0.4 is 8.37 Å². The molecule has 1 aromatic rings. The second kappa shape index (κ2) is 5.22. The lowest BCUT2D eigenvalue weighted by Gasteiger charge is -2.02. The van der Waals surface area contributed by atoms with E-state index in [1.54, 1.807) is 0 Å². The smallest absolute Gasteiger partial charge is 0.137 e. The Kier molecular flexibility index (Phi) is 4.18. The molecule has 0 aliphatic heterocycles. The highest BCUT2D eigenvalue weighted by atomic mass is 32.2. The molecule has 0 unspecified atom stereocenters. The summed E-state index contributed by atoms with van der Waals surface area (Å²) in [6, 6.07) is 7.51. The normalized spacial score (nSPS) is 9.50. The van der Waals surface area contributed by atoms with E-state index in [0.717, 1.165) is 11.5 Å². The van der Waals surface area contributed by atoms with Crippen molar-refractivity contribution in [2.75, 3.05) is 12.5 Å². The maximum absolute atomic E-state index is 5.19. The van der Waals surface area contributed by atoms with E-state index in [4.69, 9.17) is 8.37 Å². The highest BCUT2D eigenvalue weighted by Crippen LogP contribution is 2.21. The minimum Gasteiger partial charge on any atom is -0.426 e. The topological polar surface area (TPSA) is 18.5 Å². The zero-order valence-electron chi connectivity index (χ0n) is 6.94. The first kappa shape index (κ1) is 9.61. The predicted octanol–water partition coefficient (Wildman–Crippen LogP) is 3.00. The largest absolute Gasteiger partial charge is 0.426 e. The van der Waals surface area contributed by atoms with Crippen molar-refractivity contribution in [3.63, 3.8) is 0 Å². The van der Waals surface area contributed by atoms with E-state index in [0.29, 0.717) is 0 Å². The number of hydrogen-bond acceptors (Lipinski definition) is 4. The lowest BCUT2D eigenvalue weighted by Crippen LogP contribution is -1.81. The van der Waals surface area contributed by atoms with Crippen LogP contribution in [0.4, 0.5) is 0 Å². The number of benzene rings is 1. The Labute approximate surface area is 81.1 Å². The van der Waals surface area contributed by atoms with Gasteiger partial charge >= 0.3 is 0 Å². The van der Waals surface area contributed by atoms with E-state index in [1.807, 2.05) is 36.8 Å². The quantitative estimate of drug-likeness (QED) is 0.698. The molecule has 0 bridgehead atoms. The van der Waals surface area contributed by atoms with Gasteiger partial charge in [-0.25, -0.2) is 0 Å². The molecule has 0 N–H and O–H groups in total. The zero-order chi connectivity index (χ0) is 8.81. The summed E-state index contributed by atoms with van der Waals surface area (Å²) in [4.78, 5) is 0. The Morgan fingerprint density at radius 2 is 1.17 bits per heavy atom. The molecule has 0 atom stereocenters. The standard InChI is InChI=1S/C8H10O2S2/c1-11-9-7-3-5-8(6-4-7)10-12-2/h3-6H,1-2H3. The molecule has 12 heavy (non-hydrogen) atoms. The number of rotatable bonds is 4. The highest BCUT2D eigenvalue weighted by Gasteiger charge is 1.94. The molecule has 0 saturated carbocycles. The van der Waals surface area contributed by atoms with Crippen molar-refractivity contribution >= 4 is 24.1 Å². The van der Waals surface area contributed by atoms with Crippen molar-refractivity contribution in [1.82, 2.24) is 0 Å². The highest BCUT2D eigenvalue weighted by molar-refractivity contribution is 7.94. The van der Waals surface area contributed by atoms with Gasteiger partial charge < -0.3 is 8.37 Å². The summed E-state index contributed by atoms with van der Waals surface area (Å²) in [6.07, 6.45) is 3.76. The summed E-state index contributed by atoms with van der Waals surface area (Å²) in [7, 11) is 0. The van der Waals surface area contributed by atoms with E-state index in [9.17, 15) is 0 Å². The zero-order valence-corrected chi connectivity index (χ0v) is 8.58. The molecule has 2 nitrogen and oxygen atoms in total. The van der Waals surface area contributed by atoms with Gasteiger partial charge in [0, 0.05) is 12.5 Å². The lowest BCUT2D eigenvalue weighted by atomic mass is 10.3. The Balaban J connectivity index is 2.58. The molecule has 0 heterocycles. The fourth-order valence-electron chi connectivity index (χ4n) is 0.743. The fourth-order valence-corrected chi connectivity index (χ4v) is 1.35.